The third-order valence-electron chi connectivity index (χ3n) is 3.94. The van der Waals surface area contributed by atoms with Crippen LogP contribution in [0.4, 0.5) is 5.69 Å². The summed E-state index contributed by atoms with van der Waals surface area (Å²) in [5, 5.41) is 0. The zero-order chi connectivity index (χ0) is 15.4. The van der Waals surface area contributed by atoms with Crippen LogP contribution in [-0.4, -0.2) is 0 Å². The molecule has 2 rings (SSSR count). The lowest BCUT2D eigenvalue weighted by molar-refractivity contribution is 0.307. The smallest absolute Gasteiger partial charge is 0.142 e. The second kappa shape index (κ2) is 6.66. The Hall–Kier alpha value is -1.96. The van der Waals surface area contributed by atoms with Gasteiger partial charge in [0.25, 0.3) is 0 Å². The normalized spacial score (nSPS) is 10.9. The molecule has 0 atom stereocenters. The summed E-state index contributed by atoms with van der Waals surface area (Å²) >= 11 is 0. The van der Waals surface area contributed by atoms with Crippen molar-refractivity contribution in [1.82, 2.24) is 0 Å². The van der Waals surface area contributed by atoms with Gasteiger partial charge in [0, 0.05) is 0 Å². The van der Waals surface area contributed by atoms with Gasteiger partial charge in [0.05, 0.1) is 5.69 Å². The molecule has 0 aliphatic heterocycles. The van der Waals surface area contributed by atoms with Gasteiger partial charge in [-0.25, -0.2) is 0 Å². The molecule has 21 heavy (non-hydrogen) atoms. The van der Waals surface area contributed by atoms with Crippen molar-refractivity contribution in [3.8, 4) is 5.75 Å². The maximum Gasteiger partial charge on any atom is 0.142 e. The van der Waals surface area contributed by atoms with Crippen LogP contribution in [0.15, 0.2) is 36.4 Å². The first-order valence-electron chi connectivity index (χ1n) is 7.54. The predicted molar refractivity (Wildman–Crippen MR) is 89.6 cm³/mol. The average Bonchev–Trinajstić information content (AvgIpc) is 2.44. The quantitative estimate of drug-likeness (QED) is 0.810. The van der Waals surface area contributed by atoms with Crippen molar-refractivity contribution in [2.45, 2.75) is 40.7 Å². The third-order valence-corrected chi connectivity index (χ3v) is 3.94. The van der Waals surface area contributed by atoms with Gasteiger partial charge < -0.3 is 10.5 Å². The number of anilines is 1. The van der Waals surface area contributed by atoms with Crippen LogP contribution in [0.3, 0.4) is 0 Å². The van der Waals surface area contributed by atoms with Gasteiger partial charge in [0.15, 0.2) is 0 Å². The molecule has 0 bridgehead atoms. The molecule has 2 heteroatoms. The van der Waals surface area contributed by atoms with Gasteiger partial charge in [-0.15, -0.1) is 0 Å². The fourth-order valence-electron chi connectivity index (χ4n) is 2.52. The first-order valence-corrected chi connectivity index (χ1v) is 7.54. The zero-order valence-electron chi connectivity index (χ0n) is 13.4. The first-order chi connectivity index (χ1) is 9.99. The molecule has 0 aliphatic rings. The lowest BCUT2D eigenvalue weighted by Gasteiger charge is -2.16. The summed E-state index contributed by atoms with van der Waals surface area (Å²) in [7, 11) is 0. The Bertz CT molecular complexity index is 617. The van der Waals surface area contributed by atoms with E-state index in [4.69, 9.17) is 10.5 Å². The molecular formula is C19H25NO. The number of para-hydroxylation sites is 2. The maximum absolute atomic E-state index is 5.91. The Morgan fingerprint density at radius 2 is 1.57 bits per heavy atom. The van der Waals surface area contributed by atoms with Crippen molar-refractivity contribution in [1.29, 1.82) is 0 Å². The predicted octanol–water partition coefficient (Wildman–Crippen LogP) is 4.66. The summed E-state index contributed by atoms with van der Waals surface area (Å²) in [5.41, 5.74) is 12.0. The van der Waals surface area contributed by atoms with Crippen molar-refractivity contribution in [3.63, 3.8) is 0 Å². The molecule has 0 heterocycles. The van der Waals surface area contributed by atoms with Gasteiger partial charge >= 0.3 is 0 Å². The highest BCUT2D eigenvalue weighted by Crippen LogP contribution is 2.24. The topological polar surface area (TPSA) is 35.2 Å². The molecule has 0 aliphatic carbocycles. The van der Waals surface area contributed by atoms with E-state index in [-0.39, 0.29) is 0 Å². The molecule has 0 fully saturated rings. The second-order valence-electron chi connectivity index (χ2n) is 6.06. The van der Waals surface area contributed by atoms with E-state index in [1.807, 2.05) is 24.3 Å². The molecular weight excluding hydrogens is 258 g/mol. The molecule has 2 N–H and O–H groups in total. The highest BCUT2D eigenvalue weighted by molar-refractivity contribution is 5.52. The van der Waals surface area contributed by atoms with Crippen molar-refractivity contribution >= 4 is 5.69 Å². The van der Waals surface area contributed by atoms with Crippen molar-refractivity contribution < 1.29 is 4.74 Å². The first kappa shape index (κ1) is 15.4. The average molecular weight is 283 g/mol. The van der Waals surface area contributed by atoms with E-state index in [1.54, 1.807) is 0 Å². The summed E-state index contributed by atoms with van der Waals surface area (Å²) in [4.78, 5) is 0. The third kappa shape index (κ3) is 3.78. The van der Waals surface area contributed by atoms with E-state index in [2.05, 4.69) is 39.8 Å². The van der Waals surface area contributed by atoms with Crippen molar-refractivity contribution in [3.05, 3.63) is 58.7 Å². The molecule has 0 saturated heterocycles. The zero-order valence-corrected chi connectivity index (χ0v) is 13.4. The molecule has 2 aromatic carbocycles. The highest BCUT2D eigenvalue weighted by atomic mass is 16.5. The molecule has 2 nitrogen and oxygen atoms in total. The van der Waals surface area contributed by atoms with Crippen LogP contribution >= 0.6 is 0 Å². The summed E-state index contributed by atoms with van der Waals surface area (Å²) in [6, 6.07) is 12.0. The van der Waals surface area contributed by atoms with Crippen molar-refractivity contribution in [2.75, 3.05) is 5.73 Å². The number of benzene rings is 2. The minimum atomic E-state index is 0.558. The fraction of sp³-hybridized carbons (Fsp3) is 0.368. The molecule has 0 amide bonds. The lowest BCUT2D eigenvalue weighted by atomic mass is 9.93. The molecule has 0 radical (unpaired) electrons. The van der Waals surface area contributed by atoms with Gasteiger partial charge in [-0.1, -0.05) is 38.1 Å². The van der Waals surface area contributed by atoms with Crippen LogP contribution in [0, 0.1) is 19.8 Å². The van der Waals surface area contributed by atoms with E-state index in [0.29, 0.717) is 18.2 Å². The number of ether oxygens (including phenoxy) is 1. The number of nitrogens with two attached hydrogens (primary N) is 1. The van der Waals surface area contributed by atoms with Gasteiger partial charge in [0.2, 0.25) is 0 Å². The Labute approximate surface area is 127 Å². The van der Waals surface area contributed by atoms with E-state index in [0.717, 1.165) is 12.2 Å². The summed E-state index contributed by atoms with van der Waals surface area (Å²) in [5.74, 6) is 1.43. The van der Waals surface area contributed by atoms with Crippen LogP contribution in [0.2, 0.25) is 0 Å². The Morgan fingerprint density at radius 3 is 2.24 bits per heavy atom. The largest absolute Gasteiger partial charge is 0.487 e. The molecule has 0 spiro atoms. The minimum Gasteiger partial charge on any atom is -0.487 e. The van der Waals surface area contributed by atoms with E-state index in [9.17, 15) is 0 Å². The Balaban J connectivity index is 2.14. The second-order valence-corrected chi connectivity index (χ2v) is 6.06. The lowest BCUT2D eigenvalue weighted by Crippen LogP contribution is -2.04. The van der Waals surface area contributed by atoms with Crippen LogP contribution in [0.5, 0.6) is 5.75 Å². The Kier molecular flexibility index (Phi) is 4.89. The van der Waals surface area contributed by atoms with Gasteiger partial charge in [-0.3, -0.25) is 0 Å². The standard InChI is InChI=1S/C19H25NO/c1-13(2)11-16-9-10-17(15(4)14(16)3)12-21-19-8-6-5-7-18(19)20/h5-10,13H,11-12,20H2,1-4H3. The molecule has 2 aromatic rings. The number of hydrogen-bond acceptors (Lipinski definition) is 2. The molecule has 0 unspecified atom stereocenters. The van der Waals surface area contributed by atoms with Crippen LogP contribution in [-0.2, 0) is 13.0 Å². The van der Waals surface area contributed by atoms with Crippen LogP contribution in [0.25, 0.3) is 0 Å². The van der Waals surface area contributed by atoms with E-state index in [1.165, 1.54) is 22.3 Å². The van der Waals surface area contributed by atoms with Gasteiger partial charge in [0.1, 0.15) is 12.4 Å². The van der Waals surface area contributed by atoms with E-state index >= 15 is 0 Å². The summed E-state index contributed by atoms with van der Waals surface area (Å²) in [6.07, 6.45) is 1.12. The summed E-state index contributed by atoms with van der Waals surface area (Å²) < 4.78 is 5.85. The molecule has 0 saturated carbocycles. The summed E-state index contributed by atoms with van der Waals surface area (Å²) in [6.45, 7) is 9.44. The van der Waals surface area contributed by atoms with Crippen LogP contribution in [0.1, 0.15) is 36.1 Å². The van der Waals surface area contributed by atoms with Gasteiger partial charge in [-0.2, -0.15) is 0 Å². The van der Waals surface area contributed by atoms with Crippen LogP contribution < -0.4 is 10.5 Å². The van der Waals surface area contributed by atoms with E-state index < -0.39 is 0 Å². The fourth-order valence-corrected chi connectivity index (χ4v) is 2.52. The number of rotatable bonds is 5. The Morgan fingerprint density at radius 1 is 0.952 bits per heavy atom. The van der Waals surface area contributed by atoms with Gasteiger partial charge in [-0.05, 0) is 60.6 Å². The number of hydrogen-bond donors (Lipinski definition) is 1. The minimum absolute atomic E-state index is 0.558. The molecule has 0 aromatic heterocycles. The highest BCUT2D eigenvalue weighted by Gasteiger charge is 2.09. The number of nitrogen functional groups attached to an aromatic ring is 1. The molecule has 112 valence electrons. The SMILES string of the molecule is Cc1c(COc2ccccc2N)ccc(CC(C)C)c1C. The van der Waals surface area contributed by atoms with Crippen molar-refractivity contribution in [2.24, 2.45) is 5.92 Å². The monoisotopic (exact) mass is 283 g/mol. The maximum atomic E-state index is 5.91.